The van der Waals surface area contributed by atoms with Crippen molar-refractivity contribution in [2.75, 3.05) is 23.3 Å². The number of para-hydroxylation sites is 1. The number of aromatic nitrogens is 2. The molecule has 2 aromatic rings. The van der Waals surface area contributed by atoms with Gasteiger partial charge in [-0.1, -0.05) is 12.1 Å². The van der Waals surface area contributed by atoms with Crippen molar-refractivity contribution in [2.45, 2.75) is 70.8 Å². The van der Waals surface area contributed by atoms with Crippen LogP contribution in [0, 0.1) is 23.2 Å². The zero-order valence-electron chi connectivity index (χ0n) is 17.7. The SMILES string of the molecule is C[C@@H](Nc1nc(N2CCCCC2)nc2ccccc12)C12CC3CC(CC(C3)C1)C2. The second-order valence-corrected chi connectivity index (χ2v) is 10.6. The van der Waals surface area contributed by atoms with Crippen LogP contribution in [0.25, 0.3) is 10.9 Å². The molecule has 1 aromatic heterocycles. The van der Waals surface area contributed by atoms with Gasteiger partial charge in [0.05, 0.1) is 5.52 Å². The Labute approximate surface area is 174 Å². The number of nitrogens with zero attached hydrogens (tertiary/aromatic N) is 3. The highest BCUT2D eigenvalue weighted by Gasteiger charge is 2.53. The molecule has 154 valence electrons. The Morgan fingerprint density at radius 2 is 1.59 bits per heavy atom. The summed E-state index contributed by atoms with van der Waals surface area (Å²) in [6, 6.07) is 9.02. The summed E-state index contributed by atoms with van der Waals surface area (Å²) in [6.07, 6.45) is 12.6. The highest BCUT2D eigenvalue weighted by atomic mass is 15.3. The van der Waals surface area contributed by atoms with E-state index >= 15 is 0 Å². The number of rotatable bonds is 4. The van der Waals surface area contributed by atoms with Crippen LogP contribution in [0.1, 0.15) is 64.7 Å². The van der Waals surface area contributed by atoms with Gasteiger partial charge in [0.25, 0.3) is 0 Å². The summed E-state index contributed by atoms with van der Waals surface area (Å²) in [7, 11) is 0. The van der Waals surface area contributed by atoms with Crippen molar-refractivity contribution in [2.24, 2.45) is 23.2 Å². The largest absolute Gasteiger partial charge is 0.366 e. The summed E-state index contributed by atoms with van der Waals surface area (Å²) in [5.74, 6) is 4.92. The minimum atomic E-state index is 0.475. The molecule has 0 unspecified atom stereocenters. The van der Waals surface area contributed by atoms with Gasteiger partial charge in [0.15, 0.2) is 0 Å². The Hall–Kier alpha value is -1.84. The number of benzene rings is 1. The lowest BCUT2D eigenvalue weighted by molar-refractivity contribution is -0.0602. The average molecular weight is 391 g/mol. The molecule has 1 saturated heterocycles. The van der Waals surface area contributed by atoms with Gasteiger partial charge in [-0.3, -0.25) is 0 Å². The molecule has 0 spiro atoms. The molecular weight excluding hydrogens is 356 g/mol. The van der Waals surface area contributed by atoms with Crippen LogP contribution in [0.15, 0.2) is 24.3 Å². The monoisotopic (exact) mass is 390 g/mol. The van der Waals surface area contributed by atoms with E-state index in [1.165, 1.54) is 63.2 Å². The minimum absolute atomic E-state index is 0.475. The van der Waals surface area contributed by atoms with Gasteiger partial charge in [-0.05, 0) is 100 Å². The van der Waals surface area contributed by atoms with Gasteiger partial charge in [0.1, 0.15) is 5.82 Å². The summed E-state index contributed by atoms with van der Waals surface area (Å²) in [4.78, 5) is 12.4. The molecule has 4 bridgehead atoms. The van der Waals surface area contributed by atoms with Crippen molar-refractivity contribution < 1.29 is 0 Å². The summed E-state index contributed by atoms with van der Waals surface area (Å²) in [5.41, 5.74) is 1.55. The normalized spacial score (nSPS) is 34.5. The first-order chi connectivity index (χ1) is 14.2. The Morgan fingerprint density at radius 3 is 2.28 bits per heavy atom. The lowest BCUT2D eigenvalue weighted by Gasteiger charge is -2.59. The Kier molecular flexibility index (Phi) is 4.25. The molecule has 0 radical (unpaired) electrons. The quantitative estimate of drug-likeness (QED) is 0.734. The average Bonchev–Trinajstić information content (AvgIpc) is 2.73. The molecule has 4 heteroatoms. The van der Waals surface area contributed by atoms with E-state index < -0.39 is 0 Å². The van der Waals surface area contributed by atoms with Gasteiger partial charge < -0.3 is 10.2 Å². The maximum absolute atomic E-state index is 5.10. The Balaban J connectivity index is 1.33. The molecule has 2 heterocycles. The topological polar surface area (TPSA) is 41.1 Å². The van der Waals surface area contributed by atoms with E-state index in [9.17, 15) is 0 Å². The van der Waals surface area contributed by atoms with Crippen LogP contribution in [0.5, 0.6) is 0 Å². The van der Waals surface area contributed by atoms with Crippen LogP contribution in [-0.4, -0.2) is 29.1 Å². The molecule has 7 rings (SSSR count). The molecule has 1 atom stereocenters. The van der Waals surface area contributed by atoms with Crippen LogP contribution >= 0.6 is 0 Å². The second-order valence-electron chi connectivity index (χ2n) is 10.6. The first-order valence-corrected chi connectivity index (χ1v) is 12.0. The molecule has 5 aliphatic rings. The summed E-state index contributed by atoms with van der Waals surface area (Å²) in [5, 5.41) is 5.11. The summed E-state index contributed by atoms with van der Waals surface area (Å²) >= 11 is 0. The molecule has 4 aliphatic carbocycles. The molecule has 1 aromatic carbocycles. The van der Waals surface area contributed by atoms with E-state index in [1.54, 1.807) is 0 Å². The highest BCUT2D eigenvalue weighted by Crippen LogP contribution is 2.61. The van der Waals surface area contributed by atoms with Gasteiger partial charge in [-0.15, -0.1) is 0 Å². The summed E-state index contributed by atoms with van der Waals surface area (Å²) < 4.78 is 0. The van der Waals surface area contributed by atoms with Crippen LogP contribution in [0.2, 0.25) is 0 Å². The fourth-order valence-corrected chi connectivity index (χ4v) is 7.48. The minimum Gasteiger partial charge on any atom is -0.366 e. The maximum atomic E-state index is 5.10. The summed E-state index contributed by atoms with van der Waals surface area (Å²) in [6.45, 7) is 4.61. The van der Waals surface area contributed by atoms with E-state index in [4.69, 9.17) is 9.97 Å². The zero-order valence-corrected chi connectivity index (χ0v) is 17.7. The second kappa shape index (κ2) is 6.85. The molecule has 1 N–H and O–H groups in total. The van der Waals surface area contributed by atoms with Crippen molar-refractivity contribution in [3.05, 3.63) is 24.3 Å². The van der Waals surface area contributed by atoms with E-state index in [1.807, 2.05) is 0 Å². The molecular formula is C25H34N4. The van der Waals surface area contributed by atoms with Crippen LogP contribution < -0.4 is 10.2 Å². The fourth-order valence-electron chi connectivity index (χ4n) is 7.48. The standard InChI is InChI=1S/C25H34N4/c1-17(25-14-18-11-19(15-25)13-20(12-18)16-25)26-23-21-7-3-4-8-22(21)27-24(28-23)29-9-5-2-6-10-29/h3-4,7-8,17-20H,2,5-6,9-16H2,1H3,(H,26,27,28)/t17-,18?,19?,20?,25?/m1/s1. The highest BCUT2D eigenvalue weighted by molar-refractivity contribution is 5.90. The number of nitrogens with one attached hydrogen (secondary N) is 1. The number of anilines is 2. The first-order valence-electron chi connectivity index (χ1n) is 12.0. The third kappa shape index (κ3) is 3.10. The van der Waals surface area contributed by atoms with Gasteiger partial charge in [0, 0.05) is 24.5 Å². The van der Waals surface area contributed by atoms with Crippen LogP contribution in [-0.2, 0) is 0 Å². The van der Waals surface area contributed by atoms with E-state index in [2.05, 4.69) is 41.4 Å². The predicted molar refractivity (Wildman–Crippen MR) is 119 cm³/mol. The molecule has 4 nitrogen and oxygen atoms in total. The van der Waals surface area contributed by atoms with Gasteiger partial charge in [-0.25, -0.2) is 4.98 Å². The molecule has 0 amide bonds. The predicted octanol–water partition coefficient (Wildman–Crippen LogP) is 5.64. The van der Waals surface area contributed by atoms with E-state index in [-0.39, 0.29) is 0 Å². The fraction of sp³-hybridized carbons (Fsp3) is 0.680. The first kappa shape index (κ1) is 18.0. The molecule has 1 aliphatic heterocycles. The number of piperidine rings is 1. The lowest BCUT2D eigenvalue weighted by Crippen LogP contribution is -2.53. The number of hydrogen-bond donors (Lipinski definition) is 1. The van der Waals surface area contributed by atoms with E-state index in [0.717, 1.165) is 48.1 Å². The van der Waals surface area contributed by atoms with Gasteiger partial charge in [-0.2, -0.15) is 4.98 Å². The molecule has 29 heavy (non-hydrogen) atoms. The molecule has 4 saturated carbocycles. The van der Waals surface area contributed by atoms with Crippen molar-refractivity contribution in [1.82, 2.24) is 9.97 Å². The van der Waals surface area contributed by atoms with Gasteiger partial charge in [0.2, 0.25) is 5.95 Å². The lowest BCUT2D eigenvalue weighted by atomic mass is 9.48. The van der Waals surface area contributed by atoms with Gasteiger partial charge >= 0.3 is 0 Å². The maximum Gasteiger partial charge on any atom is 0.227 e. The van der Waals surface area contributed by atoms with Crippen LogP contribution in [0.3, 0.4) is 0 Å². The van der Waals surface area contributed by atoms with Crippen LogP contribution in [0.4, 0.5) is 11.8 Å². The van der Waals surface area contributed by atoms with Crippen molar-refractivity contribution >= 4 is 22.7 Å². The number of hydrogen-bond acceptors (Lipinski definition) is 4. The van der Waals surface area contributed by atoms with Crippen molar-refractivity contribution in [3.63, 3.8) is 0 Å². The Bertz CT molecular complexity index is 866. The molecule has 5 fully saturated rings. The zero-order chi connectivity index (χ0) is 19.4. The Morgan fingerprint density at radius 1 is 0.931 bits per heavy atom. The number of fused-ring (bicyclic) bond motifs is 1. The smallest absolute Gasteiger partial charge is 0.227 e. The third-order valence-corrected chi connectivity index (χ3v) is 8.59. The van der Waals surface area contributed by atoms with Crippen molar-refractivity contribution in [3.8, 4) is 0 Å². The third-order valence-electron chi connectivity index (χ3n) is 8.59. The van der Waals surface area contributed by atoms with Crippen molar-refractivity contribution in [1.29, 1.82) is 0 Å². The van der Waals surface area contributed by atoms with E-state index in [0.29, 0.717) is 11.5 Å².